The second-order valence-corrected chi connectivity index (χ2v) is 10.1. The molecule has 4 aromatic rings. The van der Waals surface area contributed by atoms with Crippen molar-refractivity contribution in [1.82, 2.24) is 14.9 Å². The van der Waals surface area contributed by atoms with Gasteiger partial charge in [0.1, 0.15) is 0 Å². The highest BCUT2D eigenvalue weighted by Crippen LogP contribution is 2.34. The number of amides is 1. The summed E-state index contributed by atoms with van der Waals surface area (Å²) in [5.74, 6) is -1.68. The van der Waals surface area contributed by atoms with Gasteiger partial charge in [-0.25, -0.2) is 0 Å². The third kappa shape index (κ3) is 5.97. The fraction of sp³-hybridized carbons (Fsp3) is 0.300. The Balaban J connectivity index is 1.39. The van der Waals surface area contributed by atoms with Gasteiger partial charge in [0.2, 0.25) is 0 Å². The van der Waals surface area contributed by atoms with Crippen molar-refractivity contribution in [2.45, 2.75) is 38.4 Å². The Hall–Kier alpha value is -4.14. The molecule has 9 heteroatoms. The molecule has 0 unspecified atom stereocenters. The standard InChI is InChI=1S/C30H28F3N3O3/c31-30(32,33)24-14-22-12-13-36(18-25-11-10-23(17-34-25)20-4-2-1-3-5-20)27(22)26(15-24)28(37)35-16-19-6-8-21(9-7-19)29(38)39/h1-5,10-15,17,19,21H,6-9,16,18H2,(H,35,37)(H,38,39)/t19-,21-. The van der Waals surface area contributed by atoms with Crippen LogP contribution in [-0.2, 0) is 17.5 Å². The van der Waals surface area contributed by atoms with E-state index in [0.29, 0.717) is 42.3 Å². The van der Waals surface area contributed by atoms with Crippen LogP contribution in [0.1, 0.15) is 47.3 Å². The Bertz CT molecular complexity index is 1470. The average molecular weight is 536 g/mol. The van der Waals surface area contributed by atoms with E-state index in [1.54, 1.807) is 23.0 Å². The van der Waals surface area contributed by atoms with E-state index in [0.717, 1.165) is 23.3 Å². The van der Waals surface area contributed by atoms with Gasteiger partial charge in [-0.1, -0.05) is 36.4 Å². The van der Waals surface area contributed by atoms with Gasteiger partial charge < -0.3 is 15.0 Å². The van der Waals surface area contributed by atoms with E-state index in [-0.39, 0.29) is 30.5 Å². The molecular weight excluding hydrogens is 507 g/mol. The lowest BCUT2D eigenvalue weighted by Gasteiger charge is -2.26. The minimum absolute atomic E-state index is 0.0510. The summed E-state index contributed by atoms with van der Waals surface area (Å²) < 4.78 is 42.8. The number of aliphatic carboxylic acids is 1. The maximum atomic E-state index is 13.7. The van der Waals surface area contributed by atoms with E-state index in [4.69, 9.17) is 0 Å². The molecule has 0 saturated heterocycles. The topological polar surface area (TPSA) is 84.2 Å². The fourth-order valence-corrected chi connectivity index (χ4v) is 5.26. The van der Waals surface area contributed by atoms with E-state index in [2.05, 4.69) is 10.3 Å². The molecule has 6 nitrogen and oxygen atoms in total. The number of carboxylic acids is 1. The van der Waals surface area contributed by atoms with Crippen LogP contribution in [0.5, 0.6) is 0 Å². The lowest BCUT2D eigenvalue weighted by molar-refractivity contribution is -0.143. The fourth-order valence-electron chi connectivity index (χ4n) is 5.26. The molecular formula is C30H28F3N3O3. The van der Waals surface area contributed by atoms with E-state index in [1.807, 2.05) is 42.5 Å². The number of halogens is 3. The van der Waals surface area contributed by atoms with Crippen LogP contribution in [0.3, 0.4) is 0 Å². The van der Waals surface area contributed by atoms with Gasteiger partial charge in [0.05, 0.1) is 34.8 Å². The second kappa shape index (κ2) is 10.9. The largest absolute Gasteiger partial charge is 0.481 e. The first-order valence-electron chi connectivity index (χ1n) is 12.9. The zero-order chi connectivity index (χ0) is 27.6. The summed E-state index contributed by atoms with van der Waals surface area (Å²) in [6, 6.07) is 17.1. The summed E-state index contributed by atoms with van der Waals surface area (Å²) in [4.78, 5) is 29.0. The van der Waals surface area contributed by atoms with E-state index < -0.39 is 23.6 Å². The number of hydrogen-bond acceptors (Lipinski definition) is 3. The highest BCUT2D eigenvalue weighted by atomic mass is 19.4. The zero-order valence-electron chi connectivity index (χ0n) is 21.1. The minimum Gasteiger partial charge on any atom is -0.481 e. The number of nitrogens with zero attached hydrogens (tertiary/aromatic N) is 2. The number of benzene rings is 2. The molecule has 1 amide bonds. The van der Waals surface area contributed by atoms with Crippen LogP contribution >= 0.6 is 0 Å². The number of hydrogen-bond donors (Lipinski definition) is 2. The van der Waals surface area contributed by atoms with Crippen molar-refractivity contribution >= 4 is 22.8 Å². The first-order valence-corrected chi connectivity index (χ1v) is 12.9. The highest BCUT2D eigenvalue weighted by Gasteiger charge is 2.33. The molecule has 2 aromatic heterocycles. The Morgan fingerprint density at radius 2 is 1.72 bits per heavy atom. The number of alkyl halides is 3. The number of nitrogens with one attached hydrogen (secondary N) is 1. The Morgan fingerprint density at radius 1 is 0.974 bits per heavy atom. The summed E-state index contributed by atoms with van der Waals surface area (Å²) in [7, 11) is 0. The van der Waals surface area contributed by atoms with Crippen molar-refractivity contribution < 1.29 is 27.9 Å². The molecule has 1 fully saturated rings. The number of pyridine rings is 1. The van der Waals surface area contributed by atoms with Crippen molar-refractivity contribution in [1.29, 1.82) is 0 Å². The van der Waals surface area contributed by atoms with Crippen LogP contribution in [0.15, 0.2) is 73.1 Å². The number of carboxylic acid groups (broad SMARTS) is 1. The number of carbonyl (C=O) groups is 2. The first-order chi connectivity index (χ1) is 18.7. The van der Waals surface area contributed by atoms with Gasteiger partial charge in [-0.15, -0.1) is 0 Å². The molecule has 0 bridgehead atoms. The molecule has 202 valence electrons. The Kier molecular flexibility index (Phi) is 7.41. The Labute approximate surface area is 223 Å². The van der Waals surface area contributed by atoms with E-state index in [9.17, 15) is 27.9 Å². The number of aromatic nitrogens is 2. The predicted octanol–water partition coefficient (Wildman–Crippen LogP) is 6.39. The molecule has 1 aliphatic carbocycles. The summed E-state index contributed by atoms with van der Waals surface area (Å²) >= 11 is 0. The van der Waals surface area contributed by atoms with Crippen molar-refractivity contribution in [2.24, 2.45) is 11.8 Å². The molecule has 0 aliphatic heterocycles. The molecule has 2 N–H and O–H groups in total. The maximum Gasteiger partial charge on any atom is 0.416 e. The maximum absolute atomic E-state index is 13.7. The van der Waals surface area contributed by atoms with E-state index >= 15 is 0 Å². The van der Waals surface area contributed by atoms with Crippen molar-refractivity contribution in [3.63, 3.8) is 0 Å². The smallest absolute Gasteiger partial charge is 0.416 e. The zero-order valence-corrected chi connectivity index (χ0v) is 21.1. The van der Waals surface area contributed by atoms with Crippen LogP contribution in [-0.4, -0.2) is 33.1 Å². The minimum atomic E-state index is -4.60. The van der Waals surface area contributed by atoms with Gasteiger partial charge in [0, 0.05) is 29.9 Å². The molecule has 39 heavy (non-hydrogen) atoms. The SMILES string of the molecule is O=C(NC[C@H]1CC[C@H](C(=O)O)CC1)c1cc(C(F)(F)F)cc2ccn(Cc3ccc(-c4ccccc4)cn3)c12. The number of fused-ring (bicyclic) bond motifs is 1. The van der Waals surface area contributed by atoms with Crippen LogP contribution in [0.4, 0.5) is 13.2 Å². The molecule has 1 aliphatic rings. The van der Waals surface area contributed by atoms with Gasteiger partial charge in [-0.2, -0.15) is 13.2 Å². The monoisotopic (exact) mass is 535 g/mol. The van der Waals surface area contributed by atoms with Crippen LogP contribution in [0.25, 0.3) is 22.0 Å². The Morgan fingerprint density at radius 3 is 2.36 bits per heavy atom. The molecule has 0 spiro atoms. The molecule has 0 atom stereocenters. The van der Waals surface area contributed by atoms with E-state index in [1.165, 1.54) is 0 Å². The number of carbonyl (C=O) groups excluding carboxylic acids is 1. The quantitative estimate of drug-likeness (QED) is 0.287. The van der Waals surface area contributed by atoms with Gasteiger partial charge in [-0.05, 0) is 61.4 Å². The van der Waals surface area contributed by atoms with Gasteiger partial charge in [-0.3, -0.25) is 14.6 Å². The second-order valence-electron chi connectivity index (χ2n) is 10.1. The van der Waals surface area contributed by atoms with Crippen molar-refractivity contribution in [2.75, 3.05) is 6.54 Å². The molecule has 5 rings (SSSR count). The van der Waals surface area contributed by atoms with Crippen LogP contribution < -0.4 is 5.32 Å². The van der Waals surface area contributed by atoms with Crippen molar-refractivity contribution in [3.05, 3.63) is 89.9 Å². The highest BCUT2D eigenvalue weighted by molar-refractivity contribution is 6.06. The molecule has 1 saturated carbocycles. The third-order valence-corrected chi connectivity index (χ3v) is 7.44. The van der Waals surface area contributed by atoms with Gasteiger partial charge in [0.25, 0.3) is 5.91 Å². The predicted molar refractivity (Wildman–Crippen MR) is 141 cm³/mol. The summed E-state index contributed by atoms with van der Waals surface area (Å²) in [6.45, 7) is 0.565. The first kappa shape index (κ1) is 26.5. The lowest BCUT2D eigenvalue weighted by atomic mass is 9.82. The summed E-state index contributed by atoms with van der Waals surface area (Å²) in [6.07, 6.45) is 1.18. The van der Waals surface area contributed by atoms with Gasteiger partial charge >= 0.3 is 12.1 Å². The average Bonchev–Trinajstić information content (AvgIpc) is 3.34. The summed E-state index contributed by atoms with van der Waals surface area (Å²) in [5, 5.41) is 12.3. The molecule has 2 aromatic carbocycles. The molecule has 2 heterocycles. The molecule has 0 radical (unpaired) electrons. The summed E-state index contributed by atoms with van der Waals surface area (Å²) in [5.41, 5.74) is 2.15. The lowest BCUT2D eigenvalue weighted by Crippen LogP contribution is -2.32. The third-order valence-electron chi connectivity index (χ3n) is 7.44. The normalized spacial score (nSPS) is 17.7. The van der Waals surface area contributed by atoms with Gasteiger partial charge in [0.15, 0.2) is 0 Å². The van der Waals surface area contributed by atoms with Crippen LogP contribution in [0, 0.1) is 11.8 Å². The van der Waals surface area contributed by atoms with Crippen molar-refractivity contribution in [3.8, 4) is 11.1 Å². The van der Waals surface area contributed by atoms with Crippen LogP contribution in [0.2, 0.25) is 0 Å². The number of rotatable bonds is 7.